The van der Waals surface area contributed by atoms with Crippen molar-refractivity contribution in [3.8, 4) is 0 Å². The second kappa shape index (κ2) is 7.82. The number of Topliss-reactive ketones (excluding diaryl/α,β-unsaturated/α-hetero) is 2. The molecule has 0 aliphatic heterocycles. The monoisotopic (exact) mass is 368 g/mol. The van der Waals surface area contributed by atoms with Gasteiger partial charge >= 0.3 is 5.97 Å². The highest BCUT2D eigenvalue weighted by Crippen LogP contribution is 2.41. The summed E-state index contributed by atoms with van der Waals surface area (Å²) in [5, 5.41) is 9.80. The number of carbonyl (C=O) groups is 3. The number of benzene rings is 2. The largest absolute Gasteiger partial charge is 0.481 e. The number of ketones is 2. The lowest BCUT2D eigenvalue weighted by Crippen LogP contribution is -2.36. The number of carboxylic acid groups (broad SMARTS) is 1. The van der Waals surface area contributed by atoms with Crippen LogP contribution in [0.25, 0.3) is 0 Å². The SMILES string of the molecule is CC(C(=O)c1ccccc1)C(c1ccc(F)cc1)C(C(=O)O)C(=O)C1CC1. The van der Waals surface area contributed by atoms with E-state index in [9.17, 15) is 23.9 Å². The molecule has 1 fully saturated rings. The molecule has 0 saturated heterocycles. The number of rotatable bonds is 8. The van der Waals surface area contributed by atoms with Gasteiger partial charge in [0, 0.05) is 23.3 Å². The van der Waals surface area contributed by atoms with Gasteiger partial charge in [0.2, 0.25) is 0 Å². The highest BCUT2D eigenvalue weighted by atomic mass is 19.1. The Morgan fingerprint density at radius 2 is 1.59 bits per heavy atom. The van der Waals surface area contributed by atoms with Crippen LogP contribution >= 0.6 is 0 Å². The van der Waals surface area contributed by atoms with Crippen LogP contribution in [0, 0.1) is 23.6 Å². The third kappa shape index (κ3) is 4.13. The molecule has 0 radical (unpaired) electrons. The summed E-state index contributed by atoms with van der Waals surface area (Å²) in [6, 6.07) is 14.0. The lowest BCUT2D eigenvalue weighted by atomic mass is 9.72. The molecular formula is C22H21FO4. The highest BCUT2D eigenvalue weighted by Gasteiger charge is 2.46. The van der Waals surface area contributed by atoms with Crippen LogP contribution < -0.4 is 0 Å². The van der Waals surface area contributed by atoms with Gasteiger partial charge in [0.15, 0.2) is 11.6 Å². The molecule has 1 N–H and O–H groups in total. The number of aliphatic carboxylic acids is 1. The summed E-state index contributed by atoms with van der Waals surface area (Å²) >= 11 is 0. The lowest BCUT2D eigenvalue weighted by Gasteiger charge is -2.28. The summed E-state index contributed by atoms with van der Waals surface area (Å²) in [5.74, 6) is -5.47. The predicted octanol–water partition coefficient (Wildman–Crippen LogP) is 4.11. The Hall–Kier alpha value is -2.82. The Labute approximate surface area is 157 Å². The Kier molecular flexibility index (Phi) is 5.49. The van der Waals surface area contributed by atoms with Crippen LogP contribution in [-0.4, -0.2) is 22.6 Å². The first-order chi connectivity index (χ1) is 12.9. The van der Waals surface area contributed by atoms with Gasteiger partial charge in [-0.15, -0.1) is 0 Å². The maximum atomic E-state index is 13.4. The van der Waals surface area contributed by atoms with Crippen molar-refractivity contribution >= 4 is 17.5 Å². The number of hydrogen-bond acceptors (Lipinski definition) is 3. The minimum atomic E-state index is -1.33. The zero-order chi connectivity index (χ0) is 19.6. The first-order valence-electron chi connectivity index (χ1n) is 9.01. The number of carbonyl (C=O) groups excluding carboxylic acids is 2. The maximum absolute atomic E-state index is 13.4. The summed E-state index contributed by atoms with van der Waals surface area (Å²) < 4.78 is 13.4. The van der Waals surface area contributed by atoms with Gasteiger partial charge in [-0.25, -0.2) is 4.39 Å². The molecule has 2 aromatic rings. The van der Waals surface area contributed by atoms with Gasteiger partial charge in [-0.3, -0.25) is 14.4 Å². The molecule has 0 amide bonds. The molecule has 2 aromatic carbocycles. The summed E-state index contributed by atoms with van der Waals surface area (Å²) in [6.07, 6.45) is 1.36. The van der Waals surface area contributed by atoms with E-state index < -0.39 is 29.5 Å². The van der Waals surface area contributed by atoms with E-state index in [1.807, 2.05) is 0 Å². The van der Waals surface area contributed by atoms with Crippen LogP contribution in [0.15, 0.2) is 54.6 Å². The van der Waals surface area contributed by atoms with Crippen LogP contribution in [0.3, 0.4) is 0 Å². The third-order valence-electron chi connectivity index (χ3n) is 5.18. The number of hydrogen-bond donors (Lipinski definition) is 1. The van der Waals surface area contributed by atoms with Crippen molar-refractivity contribution < 1.29 is 23.9 Å². The molecule has 3 atom stereocenters. The molecule has 0 bridgehead atoms. The quantitative estimate of drug-likeness (QED) is 0.562. The average Bonchev–Trinajstić information content (AvgIpc) is 3.51. The van der Waals surface area contributed by atoms with E-state index in [1.165, 1.54) is 24.3 Å². The molecule has 3 unspecified atom stereocenters. The van der Waals surface area contributed by atoms with Crippen LogP contribution in [0.5, 0.6) is 0 Å². The molecule has 0 spiro atoms. The van der Waals surface area contributed by atoms with Gasteiger partial charge in [-0.2, -0.15) is 0 Å². The van der Waals surface area contributed by atoms with E-state index in [1.54, 1.807) is 37.3 Å². The molecule has 0 heterocycles. The van der Waals surface area contributed by atoms with E-state index >= 15 is 0 Å². The first kappa shape index (κ1) is 19.0. The van der Waals surface area contributed by atoms with Gasteiger partial charge in [-0.05, 0) is 30.5 Å². The maximum Gasteiger partial charge on any atom is 0.314 e. The molecule has 1 aliphatic carbocycles. The van der Waals surface area contributed by atoms with E-state index in [0.717, 1.165) is 0 Å². The highest BCUT2D eigenvalue weighted by molar-refractivity contribution is 6.04. The third-order valence-corrected chi connectivity index (χ3v) is 5.18. The molecule has 140 valence electrons. The van der Waals surface area contributed by atoms with Crippen molar-refractivity contribution in [2.24, 2.45) is 17.8 Å². The molecule has 5 heteroatoms. The molecule has 0 aromatic heterocycles. The van der Waals surface area contributed by atoms with Gasteiger partial charge < -0.3 is 5.11 Å². The van der Waals surface area contributed by atoms with Crippen LogP contribution in [0.1, 0.15) is 41.6 Å². The Balaban J connectivity index is 2.03. The van der Waals surface area contributed by atoms with Crippen LogP contribution in [0.2, 0.25) is 0 Å². The Morgan fingerprint density at radius 1 is 1.00 bits per heavy atom. The van der Waals surface area contributed by atoms with Crippen molar-refractivity contribution in [1.29, 1.82) is 0 Å². The normalized spacial score (nSPS) is 17.0. The zero-order valence-electron chi connectivity index (χ0n) is 15.0. The fourth-order valence-electron chi connectivity index (χ4n) is 3.56. The molecule has 3 rings (SSSR count). The minimum absolute atomic E-state index is 0.236. The summed E-state index contributed by atoms with van der Waals surface area (Å²) in [4.78, 5) is 37.7. The molecular weight excluding hydrogens is 347 g/mol. The summed E-state index contributed by atoms with van der Waals surface area (Å²) in [6.45, 7) is 1.64. The smallest absolute Gasteiger partial charge is 0.314 e. The zero-order valence-corrected chi connectivity index (χ0v) is 15.0. The molecule has 1 aliphatic rings. The van der Waals surface area contributed by atoms with Crippen molar-refractivity contribution in [2.75, 3.05) is 0 Å². The van der Waals surface area contributed by atoms with Crippen LogP contribution in [-0.2, 0) is 9.59 Å². The van der Waals surface area contributed by atoms with Crippen molar-refractivity contribution in [3.63, 3.8) is 0 Å². The number of carboxylic acids is 1. The molecule has 1 saturated carbocycles. The topological polar surface area (TPSA) is 71.4 Å². The first-order valence-corrected chi connectivity index (χ1v) is 9.01. The second-order valence-electron chi connectivity index (χ2n) is 7.09. The van der Waals surface area contributed by atoms with Gasteiger partial charge in [0.1, 0.15) is 11.7 Å². The van der Waals surface area contributed by atoms with E-state index in [0.29, 0.717) is 24.0 Å². The summed E-state index contributed by atoms with van der Waals surface area (Å²) in [5.41, 5.74) is 0.940. The van der Waals surface area contributed by atoms with Gasteiger partial charge in [-0.1, -0.05) is 49.4 Å². The average molecular weight is 368 g/mol. The van der Waals surface area contributed by atoms with Gasteiger partial charge in [0.25, 0.3) is 0 Å². The Bertz CT molecular complexity index is 840. The van der Waals surface area contributed by atoms with Crippen LogP contribution in [0.4, 0.5) is 4.39 Å². The Morgan fingerprint density at radius 3 is 2.11 bits per heavy atom. The molecule has 27 heavy (non-hydrogen) atoms. The number of halogens is 1. The van der Waals surface area contributed by atoms with Crippen molar-refractivity contribution in [3.05, 3.63) is 71.5 Å². The van der Waals surface area contributed by atoms with Gasteiger partial charge in [0.05, 0.1) is 0 Å². The van der Waals surface area contributed by atoms with E-state index in [2.05, 4.69) is 0 Å². The minimum Gasteiger partial charge on any atom is -0.481 e. The lowest BCUT2D eigenvalue weighted by molar-refractivity contribution is -0.148. The van der Waals surface area contributed by atoms with Crippen molar-refractivity contribution in [1.82, 2.24) is 0 Å². The van der Waals surface area contributed by atoms with E-state index in [-0.39, 0.29) is 17.5 Å². The predicted molar refractivity (Wildman–Crippen MR) is 97.9 cm³/mol. The fraction of sp³-hybridized carbons (Fsp3) is 0.318. The molecule has 4 nitrogen and oxygen atoms in total. The summed E-state index contributed by atoms with van der Waals surface area (Å²) in [7, 11) is 0. The second-order valence-corrected chi connectivity index (χ2v) is 7.09. The fourth-order valence-corrected chi connectivity index (χ4v) is 3.56. The standard InChI is InChI=1S/C22H21FO4/c1-13(20(24)15-5-3-2-4-6-15)18(14-9-11-17(23)12-10-14)19(22(26)27)21(25)16-7-8-16/h2-6,9-13,16,18-19H,7-8H2,1H3,(H,26,27). The van der Waals surface area contributed by atoms with Crippen molar-refractivity contribution in [2.45, 2.75) is 25.7 Å². The van der Waals surface area contributed by atoms with E-state index in [4.69, 9.17) is 0 Å².